The Morgan fingerprint density at radius 2 is 1.93 bits per heavy atom. The van der Waals surface area contributed by atoms with E-state index in [2.05, 4.69) is 25.9 Å². The van der Waals surface area contributed by atoms with Gasteiger partial charge in [0.1, 0.15) is 0 Å². The van der Waals surface area contributed by atoms with Crippen LogP contribution in [0.25, 0.3) is 10.9 Å². The zero-order valence-electron chi connectivity index (χ0n) is 6.73. The third-order valence-corrected chi connectivity index (χ3v) is 2.52. The molecule has 0 saturated heterocycles. The number of fused-ring (bicyclic) bond motifs is 1. The number of rotatable bonds is 0. The van der Waals surface area contributed by atoms with E-state index in [-0.39, 0.29) is 0 Å². The molecule has 1 aromatic carbocycles. The fraction of sp³-hybridized carbons (Fsp3) is 0. The first-order valence-corrected chi connectivity index (χ1v) is 4.86. The van der Waals surface area contributed by atoms with Crippen molar-refractivity contribution in [2.24, 2.45) is 0 Å². The summed E-state index contributed by atoms with van der Waals surface area (Å²) in [5.41, 5.74) is -0.665. The molecule has 14 heavy (non-hydrogen) atoms. The smallest absolute Gasteiger partial charge is 0.305 e. The summed E-state index contributed by atoms with van der Waals surface area (Å²) >= 11 is 9.06. The van der Waals surface area contributed by atoms with Gasteiger partial charge in [0.15, 0.2) is 0 Å². The minimum Gasteiger partial charge on any atom is -0.305 e. The molecule has 0 aliphatic rings. The van der Waals surface area contributed by atoms with Gasteiger partial charge >= 0.3 is 5.69 Å². The molecule has 6 heteroatoms. The number of aromatic nitrogens is 2. The predicted molar refractivity (Wildman–Crippen MR) is 57.9 cm³/mol. The van der Waals surface area contributed by atoms with Gasteiger partial charge < -0.3 is 4.98 Å². The molecule has 0 radical (unpaired) electrons. The first-order chi connectivity index (χ1) is 6.58. The summed E-state index contributed by atoms with van der Waals surface area (Å²) < 4.78 is 0.688. The number of benzene rings is 1. The highest BCUT2D eigenvalue weighted by Crippen LogP contribution is 2.23. The first-order valence-electron chi connectivity index (χ1n) is 3.69. The fourth-order valence-electron chi connectivity index (χ4n) is 1.19. The van der Waals surface area contributed by atoms with Crippen molar-refractivity contribution in [3.05, 3.63) is 42.5 Å². The van der Waals surface area contributed by atoms with Crippen LogP contribution in [0, 0.1) is 0 Å². The van der Waals surface area contributed by atoms with Crippen LogP contribution < -0.4 is 11.2 Å². The van der Waals surface area contributed by atoms with E-state index in [0.717, 1.165) is 0 Å². The third-order valence-electron chi connectivity index (χ3n) is 1.77. The Labute approximate surface area is 91.0 Å². The van der Waals surface area contributed by atoms with Gasteiger partial charge in [0.2, 0.25) is 0 Å². The zero-order chi connectivity index (χ0) is 10.3. The van der Waals surface area contributed by atoms with Gasteiger partial charge in [-0.2, -0.15) is 0 Å². The molecule has 2 N–H and O–H groups in total. The van der Waals surface area contributed by atoms with Gasteiger partial charge in [0, 0.05) is 4.47 Å². The molecule has 0 aliphatic heterocycles. The molecule has 0 amide bonds. The summed E-state index contributed by atoms with van der Waals surface area (Å²) in [5.74, 6) is 0. The van der Waals surface area contributed by atoms with Crippen LogP contribution in [-0.4, -0.2) is 9.97 Å². The molecule has 72 valence electrons. The van der Waals surface area contributed by atoms with Gasteiger partial charge in [-0.05, 0) is 12.1 Å². The largest absolute Gasteiger partial charge is 0.326 e. The van der Waals surface area contributed by atoms with Gasteiger partial charge in [-0.15, -0.1) is 0 Å². The molecule has 0 atom stereocenters. The van der Waals surface area contributed by atoms with Crippen LogP contribution in [0.3, 0.4) is 0 Å². The summed E-state index contributed by atoms with van der Waals surface area (Å²) in [4.78, 5) is 26.9. The lowest BCUT2D eigenvalue weighted by Gasteiger charge is -1.99. The SMILES string of the molecule is O=c1[nH]c(=O)c2cc(Br)cc(Cl)c2[nH]1. The zero-order valence-corrected chi connectivity index (χ0v) is 9.07. The number of hydrogen-bond acceptors (Lipinski definition) is 2. The minimum absolute atomic E-state index is 0.331. The Kier molecular flexibility index (Phi) is 2.20. The minimum atomic E-state index is -0.563. The predicted octanol–water partition coefficient (Wildman–Crippen LogP) is 1.63. The van der Waals surface area contributed by atoms with Crippen molar-refractivity contribution in [2.45, 2.75) is 0 Å². The van der Waals surface area contributed by atoms with Crippen molar-refractivity contribution < 1.29 is 0 Å². The highest BCUT2D eigenvalue weighted by Gasteiger charge is 2.05. The molecule has 0 aliphatic carbocycles. The van der Waals surface area contributed by atoms with E-state index in [1.807, 2.05) is 0 Å². The molecule has 0 bridgehead atoms. The van der Waals surface area contributed by atoms with E-state index in [4.69, 9.17) is 11.6 Å². The van der Waals surface area contributed by atoms with Crippen LogP contribution in [0.5, 0.6) is 0 Å². The summed E-state index contributed by atoms with van der Waals surface area (Å²) in [6.45, 7) is 0. The summed E-state index contributed by atoms with van der Waals surface area (Å²) in [7, 11) is 0. The third kappa shape index (κ3) is 1.49. The van der Waals surface area contributed by atoms with E-state index < -0.39 is 11.2 Å². The highest BCUT2D eigenvalue weighted by molar-refractivity contribution is 9.10. The summed E-state index contributed by atoms with van der Waals surface area (Å²) in [6, 6.07) is 3.20. The second-order valence-electron chi connectivity index (χ2n) is 2.72. The molecule has 1 heterocycles. The van der Waals surface area contributed by atoms with Crippen LogP contribution in [0.1, 0.15) is 0 Å². The normalized spacial score (nSPS) is 10.7. The van der Waals surface area contributed by atoms with Gasteiger partial charge in [-0.1, -0.05) is 27.5 Å². The second kappa shape index (κ2) is 3.25. The molecule has 0 unspecified atom stereocenters. The van der Waals surface area contributed by atoms with Crippen LogP contribution in [-0.2, 0) is 0 Å². The van der Waals surface area contributed by atoms with Crippen molar-refractivity contribution in [1.29, 1.82) is 0 Å². The molecule has 2 aromatic rings. The quantitative estimate of drug-likeness (QED) is 0.767. The van der Waals surface area contributed by atoms with E-state index in [0.29, 0.717) is 20.4 Å². The number of hydrogen-bond donors (Lipinski definition) is 2. The Balaban J connectivity index is 3.10. The second-order valence-corrected chi connectivity index (χ2v) is 4.04. The van der Waals surface area contributed by atoms with E-state index >= 15 is 0 Å². The monoisotopic (exact) mass is 274 g/mol. The standard InChI is InChI=1S/C8H4BrClN2O2/c9-3-1-4-6(5(10)2-3)11-8(14)12-7(4)13/h1-2H,(H2,11,12,13,14). The maximum Gasteiger partial charge on any atom is 0.326 e. The van der Waals surface area contributed by atoms with E-state index in [1.54, 1.807) is 12.1 Å². The number of aromatic amines is 2. The van der Waals surface area contributed by atoms with Crippen molar-refractivity contribution in [2.75, 3.05) is 0 Å². The number of halogens is 2. The Hall–Kier alpha value is -1.07. The lowest BCUT2D eigenvalue weighted by Crippen LogP contribution is -2.21. The van der Waals surface area contributed by atoms with Crippen molar-refractivity contribution in [3.8, 4) is 0 Å². The molecular formula is C8H4BrClN2O2. The molecule has 4 nitrogen and oxygen atoms in total. The molecule has 0 fully saturated rings. The lowest BCUT2D eigenvalue weighted by molar-refractivity contribution is 1.08. The van der Waals surface area contributed by atoms with Crippen LogP contribution in [0.2, 0.25) is 5.02 Å². The van der Waals surface area contributed by atoms with Gasteiger partial charge in [-0.25, -0.2) is 4.79 Å². The van der Waals surface area contributed by atoms with Crippen LogP contribution in [0.4, 0.5) is 0 Å². The lowest BCUT2D eigenvalue weighted by atomic mass is 10.2. The number of H-pyrrole nitrogens is 2. The Morgan fingerprint density at radius 1 is 1.21 bits per heavy atom. The average molecular weight is 275 g/mol. The summed E-state index contributed by atoms with van der Waals surface area (Å²) in [6.07, 6.45) is 0. The van der Waals surface area contributed by atoms with Crippen molar-refractivity contribution >= 4 is 38.4 Å². The molecule has 0 spiro atoms. The molecule has 0 saturated carbocycles. The van der Waals surface area contributed by atoms with E-state index in [1.165, 1.54) is 0 Å². The maximum atomic E-state index is 11.3. The maximum absolute atomic E-state index is 11.3. The number of nitrogens with one attached hydrogen (secondary N) is 2. The van der Waals surface area contributed by atoms with Gasteiger partial charge in [0.05, 0.1) is 15.9 Å². The van der Waals surface area contributed by atoms with Crippen LogP contribution in [0.15, 0.2) is 26.2 Å². The van der Waals surface area contributed by atoms with Crippen LogP contribution >= 0.6 is 27.5 Å². The first kappa shape index (κ1) is 9.48. The molecule has 2 rings (SSSR count). The van der Waals surface area contributed by atoms with Crippen molar-refractivity contribution in [3.63, 3.8) is 0 Å². The van der Waals surface area contributed by atoms with Gasteiger partial charge in [0.25, 0.3) is 5.56 Å². The van der Waals surface area contributed by atoms with E-state index in [9.17, 15) is 9.59 Å². The fourth-order valence-corrected chi connectivity index (χ4v) is 2.05. The summed E-state index contributed by atoms with van der Waals surface area (Å²) in [5, 5.41) is 0.682. The topological polar surface area (TPSA) is 65.7 Å². The Bertz CT molecular complexity index is 617. The van der Waals surface area contributed by atoms with Gasteiger partial charge in [-0.3, -0.25) is 9.78 Å². The molecule has 1 aromatic heterocycles. The Morgan fingerprint density at radius 3 is 2.64 bits per heavy atom. The van der Waals surface area contributed by atoms with Crippen molar-refractivity contribution in [1.82, 2.24) is 9.97 Å². The highest BCUT2D eigenvalue weighted by atomic mass is 79.9. The molecular weight excluding hydrogens is 271 g/mol. The average Bonchev–Trinajstić information content (AvgIpc) is 2.07.